The number of rotatable bonds is 10. The van der Waals surface area contributed by atoms with Gasteiger partial charge in [0.25, 0.3) is 5.91 Å². The van der Waals surface area contributed by atoms with Gasteiger partial charge in [0.15, 0.2) is 0 Å². The van der Waals surface area contributed by atoms with Crippen LogP contribution in [0, 0.1) is 0 Å². The minimum Gasteiger partial charge on any atom is -0.493 e. The number of carbonyl (C=O) groups is 2. The Morgan fingerprint density at radius 2 is 1.77 bits per heavy atom. The second-order valence-corrected chi connectivity index (χ2v) is 6.73. The Morgan fingerprint density at radius 1 is 1.12 bits per heavy atom. The molecule has 0 atom stereocenters. The fraction of sp³-hybridized carbons (Fsp3) is 0.600. The molecule has 0 saturated heterocycles. The number of hydrogen-bond acceptors (Lipinski definition) is 4. The van der Waals surface area contributed by atoms with Crippen LogP contribution in [0.2, 0.25) is 0 Å². The Labute approximate surface area is 157 Å². The van der Waals surface area contributed by atoms with Crippen LogP contribution in [0.4, 0.5) is 5.69 Å². The van der Waals surface area contributed by atoms with Crippen molar-refractivity contribution in [2.24, 2.45) is 0 Å². The van der Waals surface area contributed by atoms with E-state index < -0.39 is 0 Å². The molecule has 6 heteroatoms. The molecule has 0 fully saturated rings. The Bertz CT molecular complexity index is 592. The van der Waals surface area contributed by atoms with Crippen molar-refractivity contribution in [1.82, 2.24) is 10.2 Å². The number of hydrogen-bond donors (Lipinski definition) is 2. The summed E-state index contributed by atoms with van der Waals surface area (Å²) in [5.41, 5.74) is 1.10. The average Bonchev–Trinajstić information content (AvgIpc) is 2.58. The second-order valence-electron chi connectivity index (χ2n) is 6.73. The summed E-state index contributed by atoms with van der Waals surface area (Å²) >= 11 is 0. The van der Waals surface area contributed by atoms with Gasteiger partial charge in [-0.05, 0) is 46.8 Å². The van der Waals surface area contributed by atoms with Crippen molar-refractivity contribution in [2.75, 3.05) is 25.0 Å². The summed E-state index contributed by atoms with van der Waals surface area (Å²) < 4.78 is 5.60. The molecule has 0 aromatic heterocycles. The molecule has 0 unspecified atom stereocenters. The molecule has 0 aliphatic carbocycles. The van der Waals surface area contributed by atoms with Crippen LogP contribution in [0.25, 0.3) is 0 Å². The molecule has 1 aromatic carbocycles. The average molecular weight is 364 g/mol. The van der Waals surface area contributed by atoms with Crippen LogP contribution in [0.5, 0.6) is 5.75 Å². The van der Waals surface area contributed by atoms with Gasteiger partial charge < -0.3 is 15.4 Å². The predicted molar refractivity (Wildman–Crippen MR) is 106 cm³/mol. The van der Waals surface area contributed by atoms with E-state index in [1.54, 1.807) is 25.1 Å². The summed E-state index contributed by atoms with van der Waals surface area (Å²) in [4.78, 5) is 26.4. The van der Waals surface area contributed by atoms with Crippen LogP contribution in [0.1, 0.15) is 58.3 Å². The molecule has 2 amide bonds. The molecule has 0 aliphatic heterocycles. The number of ether oxygens (including phenoxy) is 1. The number of anilines is 1. The van der Waals surface area contributed by atoms with Crippen LogP contribution in [0.3, 0.4) is 0 Å². The lowest BCUT2D eigenvalue weighted by Gasteiger charge is -2.30. The largest absolute Gasteiger partial charge is 0.493 e. The Hall–Kier alpha value is -2.08. The molecular weight excluding hydrogens is 330 g/mol. The summed E-state index contributed by atoms with van der Waals surface area (Å²) in [6.45, 7) is 14.1. The van der Waals surface area contributed by atoms with Gasteiger partial charge in [-0.3, -0.25) is 14.5 Å². The first-order valence-electron chi connectivity index (χ1n) is 9.40. The van der Waals surface area contributed by atoms with Gasteiger partial charge in [0.1, 0.15) is 5.75 Å². The maximum Gasteiger partial charge on any atom is 0.255 e. The third kappa shape index (κ3) is 6.67. The maximum atomic E-state index is 12.6. The van der Waals surface area contributed by atoms with Crippen LogP contribution in [-0.4, -0.2) is 48.5 Å². The maximum absolute atomic E-state index is 12.6. The zero-order chi connectivity index (χ0) is 19.7. The van der Waals surface area contributed by atoms with Crippen LogP contribution in [-0.2, 0) is 4.79 Å². The number of amides is 2. The van der Waals surface area contributed by atoms with E-state index in [9.17, 15) is 9.59 Å². The van der Waals surface area contributed by atoms with Gasteiger partial charge in [0, 0.05) is 43.3 Å². The van der Waals surface area contributed by atoms with Crippen molar-refractivity contribution < 1.29 is 14.3 Å². The number of benzene rings is 1. The van der Waals surface area contributed by atoms with E-state index in [-0.39, 0.29) is 11.8 Å². The normalized spacial score (nSPS) is 11.1. The molecule has 26 heavy (non-hydrogen) atoms. The highest BCUT2D eigenvalue weighted by atomic mass is 16.5. The fourth-order valence-corrected chi connectivity index (χ4v) is 2.82. The lowest BCUT2D eigenvalue weighted by atomic mass is 10.1. The van der Waals surface area contributed by atoms with E-state index in [1.807, 2.05) is 6.92 Å². The van der Waals surface area contributed by atoms with Gasteiger partial charge in [-0.15, -0.1) is 0 Å². The summed E-state index contributed by atoms with van der Waals surface area (Å²) in [7, 11) is 0. The van der Waals surface area contributed by atoms with Crippen molar-refractivity contribution in [1.29, 1.82) is 0 Å². The number of nitrogens with zero attached hydrogens (tertiary/aromatic N) is 1. The van der Waals surface area contributed by atoms with E-state index in [2.05, 4.69) is 43.2 Å². The number of nitrogens with one attached hydrogen (secondary N) is 2. The van der Waals surface area contributed by atoms with Gasteiger partial charge in [-0.2, -0.15) is 0 Å². The van der Waals surface area contributed by atoms with Crippen molar-refractivity contribution in [3.8, 4) is 5.75 Å². The first kappa shape index (κ1) is 22.0. The summed E-state index contributed by atoms with van der Waals surface area (Å²) in [6.07, 6.45) is 0.397. The Morgan fingerprint density at radius 3 is 2.31 bits per heavy atom. The van der Waals surface area contributed by atoms with E-state index in [0.717, 1.165) is 6.54 Å². The molecule has 0 spiro atoms. The first-order chi connectivity index (χ1) is 12.3. The summed E-state index contributed by atoms with van der Waals surface area (Å²) in [6, 6.07) is 5.95. The summed E-state index contributed by atoms with van der Waals surface area (Å²) in [5.74, 6) is 0.227. The van der Waals surface area contributed by atoms with Crippen molar-refractivity contribution in [2.45, 2.75) is 60.0 Å². The molecule has 0 bridgehead atoms. The second kappa shape index (κ2) is 10.8. The van der Waals surface area contributed by atoms with E-state index in [0.29, 0.717) is 48.7 Å². The molecule has 0 saturated carbocycles. The van der Waals surface area contributed by atoms with E-state index >= 15 is 0 Å². The topological polar surface area (TPSA) is 70.7 Å². The zero-order valence-electron chi connectivity index (χ0n) is 16.9. The minimum atomic E-state index is -0.172. The zero-order valence-corrected chi connectivity index (χ0v) is 16.9. The highest BCUT2D eigenvalue weighted by Crippen LogP contribution is 2.24. The van der Waals surface area contributed by atoms with Gasteiger partial charge in [0.05, 0.1) is 12.2 Å². The molecule has 0 aliphatic rings. The van der Waals surface area contributed by atoms with E-state index in [1.165, 1.54) is 0 Å². The highest BCUT2D eigenvalue weighted by Gasteiger charge is 2.16. The molecule has 6 nitrogen and oxygen atoms in total. The first-order valence-corrected chi connectivity index (χ1v) is 9.40. The molecule has 2 N–H and O–H groups in total. The van der Waals surface area contributed by atoms with Gasteiger partial charge in [0.2, 0.25) is 5.91 Å². The van der Waals surface area contributed by atoms with Crippen LogP contribution < -0.4 is 15.4 Å². The standard InChI is InChI=1S/C20H33N3O3/c1-7-19(24)22-16-9-10-17(18(13-16)26-8-2)20(25)21-11-12-23(14(3)4)15(5)6/h9-10,13-15H,7-8,11-12H2,1-6H3,(H,21,25)(H,22,24). The Kier molecular flexibility index (Phi) is 9.13. The van der Waals surface area contributed by atoms with Crippen molar-refractivity contribution in [3.05, 3.63) is 23.8 Å². The summed E-state index contributed by atoms with van der Waals surface area (Å²) in [5, 5.41) is 5.74. The number of carbonyl (C=O) groups excluding carboxylic acids is 2. The minimum absolute atomic E-state index is 0.0767. The highest BCUT2D eigenvalue weighted by molar-refractivity contribution is 5.98. The van der Waals surface area contributed by atoms with Crippen molar-refractivity contribution in [3.63, 3.8) is 0 Å². The van der Waals surface area contributed by atoms with Gasteiger partial charge in [-0.25, -0.2) is 0 Å². The third-order valence-corrected chi connectivity index (χ3v) is 4.11. The molecule has 146 valence electrons. The smallest absolute Gasteiger partial charge is 0.255 e. The molecule has 1 rings (SSSR count). The van der Waals surface area contributed by atoms with E-state index in [4.69, 9.17) is 4.74 Å². The lowest BCUT2D eigenvalue weighted by molar-refractivity contribution is -0.115. The molecule has 0 radical (unpaired) electrons. The van der Waals surface area contributed by atoms with Crippen LogP contribution >= 0.6 is 0 Å². The molecular formula is C20H33N3O3. The fourth-order valence-electron chi connectivity index (χ4n) is 2.82. The monoisotopic (exact) mass is 363 g/mol. The molecule has 0 heterocycles. The third-order valence-electron chi connectivity index (χ3n) is 4.11. The van der Waals surface area contributed by atoms with Crippen LogP contribution in [0.15, 0.2) is 18.2 Å². The van der Waals surface area contributed by atoms with Gasteiger partial charge in [-0.1, -0.05) is 6.92 Å². The predicted octanol–water partition coefficient (Wildman–Crippen LogP) is 3.28. The quantitative estimate of drug-likeness (QED) is 0.669. The molecule has 1 aromatic rings. The van der Waals surface area contributed by atoms with Crippen molar-refractivity contribution >= 4 is 17.5 Å². The van der Waals surface area contributed by atoms with Gasteiger partial charge >= 0.3 is 0 Å². The lowest BCUT2D eigenvalue weighted by Crippen LogP contribution is -2.42. The SMILES string of the molecule is CCOc1cc(NC(=O)CC)ccc1C(=O)NCCN(C(C)C)C(C)C. The Balaban J connectivity index is 2.79.